The highest BCUT2D eigenvalue weighted by Crippen LogP contribution is 2.41. The SMILES string of the molecule is COc1nc(-c2cccc3c2OC(CNC(=O)C2CCOCC2)CO3)ccc1Nc1ccc(CNCc2ccccn2)cc1. The van der Waals surface area contributed by atoms with Gasteiger partial charge in [-0.2, -0.15) is 0 Å². The lowest BCUT2D eigenvalue weighted by atomic mass is 9.99. The maximum Gasteiger partial charge on any atom is 0.238 e. The molecule has 2 aliphatic rings. The van der Waals surface area contributed by atoms with E-state index >= 15 is 0 Å². The molecule has 44 heavy (non-hydrogen) atoms. The summed E-state index contributed by atoms with van der Waals surface area (Å²) in [7, 11) is 1.60. The Labute approximate surface area is 257 Å². The van der Waals surface area contributed by atoms with Gasteiger partial charge < -0.3 is 34.9 Å². The van der Waals surface area contributed by atoms with Gasteiger partial charge in [-0.3, -0.25) is 9.78 Å². The first kappa shape index (κ1) is 29.4. The maximum atomic E-state index is 12.6. The molecule has 3 N–H and O–H groups in total. The summed E-state index contributed by atoms with van der Waals surface area (Å²) < 4.78 is 23.4. The molecular weight excluding hydrogens is 558 g/mol. The van der Waals surface area contributed by atoms with Gasteiger partial charge in [0, 0.05) is 49.7 Å². The fourth-order valence-electron chi connectivity index (χ4n) is 5.30. The number of benzene rings is 2. The van der Waals surface area contributed by atoms with Crippen molar-refractivity contribution < 1.29 is 23.7 Å². The molecule has 0 bridgehead atoms. The number of carbonyl (C=O) groups excluding carboxylic acids is 1. The van der Waals surface area contributed by atoms with Crippen molar-refractivity contribution >= 4 is 17.3 Å². The highest BCUT2D eigenvalue weighted by Gasteiger charge is 2.27. The van der Waals surface area contributed by atoms with Gasteiger partial charge in [0.25, 0.3) is 0 Å². The number of para-hydroxylation sites is 1. The Kier molecular flexibility index (Phi) is 9.49. The van der Waals surface area contributed by atoms with Crippen molar-refractivity contribution in [3.05, 3.63) is 90.3 Å². The van der Waals surface area contributed by atoms with Crippen molar-refractivity contribution in [3.8, 4) is 28.6 Å². The van der Waals surface area contributed by atoms with E-state index in [2.05, 4.69) is 33.1 Å². The highest BCUT2D eigenvalue weighted by atomic mass is 16.6. The summed E-state index contributed by atoms with van der Waals surface area (Å²) in [5.41, 5.74) is 5.32. The number of rotatable bonds is 11. The zero-order chi connectivity index (χ0) is 30.1. The Morgan fingerprint density at radius 1 is 0.977 bits per heavy atom. The minimum Gasteiger partial charge on any atom is -0.486 e. The Hall–Kier alpha value is -4.67. The van der Waals surface area contributed by atoms with Crippen molar-refractivity contribution in [1.29, 1.82) is 0 Å². The Morgan fingerprint density at radius 2 is 1.84 bits per heavy atom. The summed E-state index contributed by atoms with van der Waals surface area (Å²) in [5, 5.41) is 9.87. The molecule has 2 aromatic carbocycles. The van der Waals surface area contributed by atoms with Crippen LogP contribution in [0.3, 0.4) is 0 Å². The van der Waals surface area contributed by atoms with Crippen LogP contribution in [0, 0.1) is 5.92 Å². The number of ether oxygens (including phenoxy) is 4. The lowest BCUT2D eigenvalue weighted by molar-refractivity contribution is -0.128. The van der Waals surface area contributed by atoms with Gasteiger partial charge >= 0.3 is 0 Å². The first-order valence-electron chi connectivity index (χ1n) is 15.0. The lowest BCUT2D eigenvalue weighted by Crippen LogP contribution is -2.43. The van der Waals surface area contributed by atoms with Crippen LogP contribution in [0.25, 0.3) is 11.3 Å². The minimum absolute atomic E-state index is 0.0162. The summed E-state index contributed by atoms with van der Waals surface area (Å²) in [6.45, 7) is 3.42. The molecule has 2 aliphatic heterocycles. The van der Waals surface area contributed by atoms with E-state index in [4.69, 9.17) is 23.9 Å². The van der Waals surface area contributed by atoms with Crippen LogP contribution in [0.5, 0.6) is 17.4 Å². The van der Waals surface area contributed by atoms with Crippen LogP contribution in [-0.2, 0) is 22.6 Å². The zero-order valence-corrected chi connectivity index (χ0v) is 24.8. The summed E-state index contributed by atoms with van der Waals surface area (Å²) in [5.74, 6) is 1.73. The Bertz CT molecular complexity index is 1540. The summed E-state index contributed by atoms with van der Waals surface area (Å²) in [4.78, 5) is 21.8. The standard InChI is InChI=1S/C34H37N5O5/c1-41-34-30(38-25-10-8-23(9-11-25)19-35-20-26-5-2-3-16-36-26)13-12-29(39-34)28-6-4-7-31-32(28)44-27(22-43-31)21-37-33(40)24-14-17-42-18-15-24/h2-13,16,24,27,35,38H,14-15,17-22H2,1H3,(H,37,40). The second kappa shape index (κ2) is 14.2. The van der Waals surface area contributed by atoms with Gasteiger partial charge in [0.05, 0.1) is 25.0 Å². The predicted molar refractivity (Wildman–Crippen MR) is 167 cm³/mol. The number of anilines is 2. The summed E-state index contributed by atoms with van der Waals surface area (Å²) in [6, 6.07) is 23.7. The largest absolute Gasteiger partial charge is 0.486 e. The van der Waals surface area contributed by atoms with Gasteiger partial charge in [-0.25, -0.2) is 4.98 Å². The lowest BCUT2D eigenvalue weighted by Gasteiger charge is -2.29. The molecule has 0 radical (unpaired) electrons. The van der Waals surface area contributed by atoms with Gasteiger partial charge in [-0.05, 0) is 66.9 Å². The smallest absolute Gasteiger partial charge is 0.238 e. The highest BCUT2D eigenvalue weighted by molar-refractivity contribution is 5.79. The van der Waals surface area contributed by atoms with E-state index in [0.29, 0.717) is 56.0 Å². The second-order valence-corrected chi connectivity index (χ2v) is 10.8. The topological polar surface area (TPSA) is 116 Å². The molecule has 1 atom stereocenters. The molecule has 1 fully saturated rings. The number of hydrogen-bond donors (Lipinski definition) is 3. The predicted octanol–water partition coefficient (Wildman–Crippen LogP) is 4.87. The van der Waals surface area contributed by atoms with Crippen LogP contribution in [-0.4, -0.2) is 55.5 Å². The number of carbonyl (C=O) groups is 1. The first-order chi connectivity index (χ1) is 21.7. The van der Waals surface area contributed by atoms with Crippen LogP contribution in [0.1, 0.15) is 24.1 Å². The van der Waals surface area contributed by atoms with E-state index < -0.39 is 0 Å². The van der Waals surface area contributed by atoms with Crippen LogP contribution in [0.2, 0.25) is 0 Å². The molecule has 6 rings (SSSR count). The van der Waals surface area contributed by atoms with Crippen molar-refractivity contribution in [2.45, 2.75) is 32.0 Å². The molecule has 228 valence electrons. The van der Waals surface area contributed by atoms with E-state index in [1.807, 2.05) is 60.7 Å². The first-order valence-corrected chi connectivity index (χ1v) is 15.0. The molecule has 10 nitrogen and oxygen atoms in total. The molecule has 0 aliphatic carbocycles. The number of fused-ring (bicyclic) bond motifs is 1. The Balaban J connectivity index is 1.09. The fraction of sp³-hybridized carbons (Fsp3) is 0.324. The molecule has 4 heterocycles. The second-order valence-electron chi connectivity index (χ2n) is 10.8. The zero-order valence-electron chi connectivity index (χ0n) is 24.8. The number of methoxy groups -OCH3 is 1. The van der Waals surface area contributed by atoms with Gasteiger partial charge in [-0.15, -0.1) is 0 Å². The van der Waals surface area contributed by atoms with E-state index in [1.54, 1.807) is 13.3 Å². The normalized spacial score (nSPS) is 16.2. The van der Waals surface area contributed by atoms with Crippen molar-refractivity contribution in [3.63, 3.8) is 0 Å². The molecule has 10 heteroatoms. The number of hydrogen-bond acceptors (Lipinski definition) is 9. The number of pyridine rings is 2. The minimum atomic E-state index is -0.316. The molecule has 2 aromatic heterocycles. The molecule has 1 unspecified atom stereocenters. The van der Waals surface area contributed by atoms with Crippen LogP contribution in [0.4, 0.5) is 11.4 Å². The number of nitrogens with zero attached hydrogens (tertiary/aromatic N) is 2. The molecule has 4 aromatic rings. The van der Waals surface area contributed by atoms with Gasteiger partial charge in [0.15, 0.2) is 11.5 Å². The van der Waals surface area contributed by atoms with Gasteiger partial charge in [-0.1, -0.05) is 24.3 Å². The van der Waals surface area contributed by atoms with E-state index in [9.17, 15) is 4.79 Å². The summed E-state index contributed by atoms with van der Waals surface area (Å²) >= 11 is 0. The Morgan fingerprint density at radius 3 is 2.64 bits per heavy atom. The average molecular weight is 596 g/mol. The number of nitrogens with one attached hydrogen (secondary N) is 3. The van der Waals surface area contributed by atoms with Gasteiger partial charge in [0.1, 0.15) is 18.4 Å². The monoisotopic (exact) mass is 595 g/mol. The molecule has 1 saturated heterocycles. The van der Waals surface area contributed by atoms with Crippen molar-refractivity contribution in [1.82, 2.24) is 20.6 Å². The van der Waals surface area contributed by atoms with Crippen LogP contribution >= 0.6 is 0 Å². The molecule has 0 spiro atoms. The summed E-state index contributed by atoms with van der Waals surface area (Å²) in [6.07, 6.45) is 2.98. The van der Waals surface area contributed by atoms with Crippen molar-refractivity contribution in [2.24, 2.45) is 5.92 Å². The third-order valence-corrected chi connectivity index (χ3v) is 7.71. The maximum absolute atomic E-state index is 12.6. The number of amides is 1. The average Bonchev–Trinajstić information content (AvgIpc) is 3.08. The van der Waals surface area contributed by atoms with E-state index in [0.717, 1.165) is 42.0 Å². The van der Waals surface area contributed by atoms with E-state index in [1.165, 1.54) is 5.56 Å². The van der Waals surface area contributed by atoms with Crippen molar-refractivity contribution in [2.75, 3.05) is 38.8 Å². The number of aromatic nitrogens is 2. The fourth-order valence-corrected chi connectivity index (χ4v) is 5.30. The quantitative estimate of drug-likeness (QED) is 0.223. The third kappa shape index (κ3) is 7.27. The van der Waals surface area contributed by atoms with Crippen LogP contribution in [0.15, 0.2) is 79.0 Å². The molecule has 1 amide bonds. The molecule has 0 saturated carbocycles. The van der Waals surface area contributed by atoms with Crippen LogP contribution < -0.4 is 30.2 Å². The van der Waals surface area contributed by atoms with Gasteiger partial charge in [0.2, 0.25) is 11.8 Å². The third-order valence-electron chi connectivity index (χ3n) is 7.71. The van der Waals surface area contributed by atoms with E-state index in [-0.39, 0.29) is 17.9 Å². The molecular formula is C34H37N5O5.